The third kappa shape index (κ3) is 4.21. The Hall–Kier alpha value is -3.67. The molecule has 0 bridgehead atoms. The van der Waals surface area contributed by atoms with E-state index in [0.29, 0.717) is 36.1 Å². The first-order valence-electron chi connectivity index (χ1n) is 10.8. The molecule has 1 aliphatic heterocycles. The number of carbonyl (C=O) groups excluding carboxylic acids is 1. The highest BCUT2D eigenvalue weighted by atomic mass is 16.5. The van der Waals surface area contributed by atoms with Gasteiger partial charge in [-0.15, -0.1) is 0 Å². The molecule has 0 saturated carbocycles. The number of benzene rings is 3. The fourth-order valence-electron chi connectivity index (χ4n) is 4.20. The summed E-state index contributed by atoms with van der Waals surface area (Å²) in [6.45, 7) is 3.02. The van der Waals surface area contributed by atoms with E-state index in [9.17, 15) is 4.79 Å². The predicted molar refractivity (Wildman–Crippen MR) is 125 cm³/mol. The Bertz CT molecular complexity index is 1080. The molecule has 3 aromatic carbocycles. The highest BCUT2D eigenvalue weighted by Gasteiger charge is 2.33. The van der Waals surface area contributed by atoms with Crippen molar-refractivity contribution >= 4 is 11.7 Å². The number of amides is 2. The van der Waals surface area contributed by atoms with E-state index < -0.39 is 0 Å². The highest BCUT2D eigenvalue weighted by Crippen LogP contribution is 2.41. The smallest absolute Gasteiger partial charge is 0.322 e. The molecule has 0 unspecified atom stereocenters. The zero-order chi connectivity index (χ0) is 22.5. The summed E-state index contributed by atoms with van der Waals surface area (Å²) in [5.74, 6) is 2.00. The summed E-state index contributed by atoms with van der Waals surface area (Å²) >= 11 is 0. The third-order valence-corrected chi connectivity index (χ3v) is 5.68. The zero-order valence-corrected chi connectivity index (χ0v) is 18.6. The van der Waals surface area contributed by atoms with Crippen molar-refractivity contribution in [3.63, 3.8) is 0 Å². The molecule has 6 nitrogen and oxygen atoms in total. The summed E-state index contributed by atoms with van der Waals surface area (Å²) in [5, 5.41) is 3.05. The number of methoxy groups -OCH3 is 2. The molecule has 4 rings (SSSR count). The van der Waals surface area contributed by atoms with Crippen LogP contribution in [0.5, 0.6) is 17.2 Å². The van der Waals surface area contributed by atoms with Crippen LogP contribution in [0.25, 0.3) is 0 Å². The predicted octanol–water partition coefficient (Wildman–Crippen LogP) is 5.28. The van der Waals surface area contributed by atoms with E-state index in [2.05, 4.69) is 5.32 Å². The normalized spacial score (nSPS) is 15.0. The lowest BCUT2D eigenvalue weighted by molar-refractivity contribution is 0.193. The van der Waals surface area contributed by atoms with Crippen LogP contribution in [0, 0.1) is 0 Å². The Morgan fingerprint density at radius 3 is 2.38 bits per heavy atom. The van der Waals surface area contributed by atoms with Gasteiger partial charge in [0.25, 0.3) is 0 Å². The Morgan fingerprint density at radius 1 is 0.969 bits per heavy atom. The van der Waals surface area contributed by atoms with E-state index >= 15 is 0 Å². The van der Waals surface area contributed by atoms with Gasteiger partial charge in [0.15, 0.2) is 11.5 Å². The fraction of sp³-hybridized carbons (Fsp3) is 0.269. The van der Waals surface area contributed by atoms with Gasteiger partial charge in [-0.25, -0.2) is 4.79 Å². The van der Waals surface area contributed by atoms with E-state index in [1.165, 1.54) is 0 Å². The second-order valence-corrected chi connectivity index (χ2v) is 7.52. The number of carbonyl (C=O) groups is 1. The maximum absolute atomic E-state index is 13.5. The van der Waals surface area contributed by atoms with Gasteiger partial charge in [-0.05, 0) is 54.3 Å². The van der Waals surface area contributed by atoms with Crippen LogP contribution in [0.2, 0.25) is 0 Å². The topological polar surface area (TPSA) is 60.0 Å². The van der Waals surface area contributed by atoms with Crippen LogP contribution in [-0.2, 0) is 6.42 Å². The van der Waals surface area contributed by atoms with Crippen LogP contribution in [0.3, 0.4) is 0 Å². The molecule has 2 amide bonds. The van der Waals surface area contributed by atoms with Gasteiger partial charge in [0, 0.05) is 6.54 Å². The van der Waals surface area contributed by atoms with Gasteiger partial charge in [0.2, 0.25) is 0 Å². The lowest BCUT2D eigenvalue weighted by Crippen LogP contribution is -2.43. The molecular weight excluding hydrogens is 404 g/mol. The van der Waals surface area contributed by atoms with Crippen molar-refractivity contribution in [1.82, 2.24) is 4.90 Å². The first-order valence-corrected chi connectivity index (χ1v) is 10.8. The molecule has 32 heavy (non-hydrogen) atoms. The highest BCUT2D eigenvalue weighted by molar-refractivity contribution is 5.91. The minimum atomic E-state index is -0.251. The van der Waals surface area contributed by atoms with Gasteiger partial charge in [-0.2, -0.15) is 0 Å². The Kier molecular flexibility index (Phi) is 6.50. The second kappa shape index (κ2) is 9.64. The van der Waals surface area contributed by atoms with Crippen molar-refractivity contribution in [1.29, 1.82) is 0 Å². The van der Waals surface area contributed by atoms with Crippen molar-refractivity contribution in [2.24, 2.45) is 0 Å². The molecule has 166 valence electrons. The Morgan fingerprint density at radius 2 is 1.66 bits per heavy atom. The number of para-hydroxylation sites is 2. The molecule has 1 atom stereocenters. The number of anilines is 1. The monoisotopic (exact) mass is 432 g/mol. The first kappa shape index (κ1) is 21.6. The number of urea groups is 1. The number of fused-ring (bicyclic) bond motifs is 1. The molecule has 1 N–H and O–H groups in total. The number of nitrogens with zero attached hydrogens (tertiary/aromatic N) is 1. The molecule has 0 aromatic heterocycles. The number of nitrogens with one attached hydrogen (secondary N) is 1. The van der Waals surface area contributed by atoms with E-state index in [4.69, 9.17) is 14.2 Å². The van der Waals surface area contributed by atoms with Crippen molar-refractivity contribution in [3.8, 4) is 17.2 Å². The van der Waals surface area contributed by atoms with Gasteiger partial charge in [-0.1, -0.05) is 42.5 Å². The van der Waals surface area contributed by atoms with Crippen LogP contribution in [0.1, 0.15) is 29.7 Å². The molecule has 0 spiro atoms. The largest absolute Gasteiger partial charge is 0.493 e. The van der Waals surface area contributed by atoms with Crippen LogP contribution in [-0.4, -0.2) is 38.3 Å². The quantitative estimate of drug-likeness (QED) is 0.576. The molecule has 1 heterocycles. The number of hydrogen-bond acceptors (Lipinski definition) is 4. The summed E-state index contributed by atoms with van der Waals surface area (Å²) in [6, 6.07) is 21.1. The average molecular weight is 433 g/mol. The second-order valence-electron chi connectivity index (χ2n) is 7.52. The molecule has 0 saturated heterocycles. The lowest BCUT2D eigenvalue weighted by Gasteiger charge is -2.38. The summed E-state index contributed by atoms with van der Waals surface area (Å²) in [4.78, 5) is 15.4. The van der Waals surface area contributed by atoms with Crippen LogP contribution < -0.4 is 19.5 Å². The minimum Gasteiger partial charge on any atom is -0.493 e. The van der Waals surface area contributed by atoms with Crippen molar-refractivity contribution < 1.29 is 19.0 Å². The minimum absolute atomic E-state index is 0.175. The third-order valence-electron chi connectivity index (χ3n) is 5.68. The SMILES string of the molecule is CCOc1ccccc1NC(=O)N1CCc2cc(OC)c(OC)cc2[C@H]1c1ccccc1. The van der Waals surface area contributed by atoms with Gasteiger partial charge in [0.05, 0.1) is 32.6 Å². The van der Waals surface area contributed by atoms with Crippen LogP contribution >= 0.6 is 0 Å². The van der Waals surface area contributed by atoms with E-state index in [1.807, 2.05) is 78.6 Å². The van der Waals surface area contributed by atoms with E-state index in [0.717, 1.165) is 23.1 Å². The van der Waals surface area contributed by atoms with Gasteiger partial charge >= 0.3 is 6.03 Å². The summed E-state index contributed by atoms with van der Waals surface area (Å²) in [7, 11) is 3.26. The molecular formula is C26H28N2O4. The van der Waals surface area contributed by atoms with Crippen molar-refractivity contribution in [2.75, 3.05) is 32.7 Å². The van der Waals surface area contributed by atoms with Crippen LogP contribution in [0.4, 0.5) is 10.5 Å². The number of rotatable bonds is 6. The van der Waals surface area contributed by atoms with Crippen LogP contribution in [0.15, 0.2) is 66.7 Å². The maximum atomic E-state index is 13.5. The molecule has 1 aliphatic rings. The average Bonchev–Trinajstić information content (AvgIpc) is 2.84. The molecule has 0 aliphatic carbocycles. The Labute approximate surface area is 188 Å². The zero-order valence-electron chi connectivity index (χ0n) is 18.6. The van der Waals surface area contributed by atoms with Gasteiger partial charge in [-0.3, -0.25) is 0 Å². The molecule has 0 fully saturated rings. The van der Waals surface area contributed by atoms with Gasteiger partial charge in [0.1, 0.15) is 5.75 Å². The summed E-state index contributed by atoms with van der Waals surface area (Å²) in [6.07, 6.45) is 0.722. The number of hydrogen-bond donors (Lipinski definition) is 1. The fourth-order valence-corrected chi connectivity index (χ4v) is 4.20. The lowest BCUT2D eigenvalue weighted by atomic mass is 9.88. The molecule has 3 aromatic rings. The van der Waals surface area contributed by atoms with Crippen molar-refractivity contribution in [2.45, 2.75) is 19.4 Å². The first-order chi connectivity index (χ1) is 15.7. The van der Waals surface area contributed by atoms with Gasteiger partial charge < -0.3 is 24.4 Å². The Balaban J connectivity index is 1.73. The van der Waals surface area contributed by atoms with E-state index in [-0.39, 0.29) is 12.1 Å². The standard InChI is InChI=1S/C26H28N2O4/c1-4-32-22-13-9-8-12-21(22)27-26(29)28-15-14-19-16-23(30-2)24(31-3)17-20(19)25(28)18-10-6-5-7-11-18/h5-13,16-17,25H,4,14-15H2,1-3H3,(H,27,29)/t25-/m1/s1. The number of ether oxygens (including phenoxy) is 3. The van der Waals surface area contributed by atoms with E-state index in [1.54, 1.807) is 14.2 Å². The maximum Gasteiger partial charge on any atom is 0.322 e. The molecule has 6 heteroatoms. The summed E-state index contributed by atoms with van der Waals surface area (Å²) < 4.78 is 16.7. The molecule has 0 radical (unpaired) electrons. The van der Waals surface area contributed by atoms with Crippen molar-refractivity contribution in [3.05, 3.63) is 83.4 Å². The summed E-state index contributed by atoms with van der Waals surface area (Å²) in [5.41, 5.74) is 3.88.